The van der Waals surface area contributed by atoms with Crippen molar-refractivity contribution in [1.29, 1.82) is 5.26 Å². The lowest BCUT2D eigenvalue weighted by Crippen LogP contribution is -2.25. The van der Waals surface area contributed by atoms with Gasteiger partial charge >= 0.3 is 0 Å². The number of rotatable bonds is 10. The van der Waals surface area contributed by atoms with Crippen LogP contribution in [-0.2, 0) is 11.2 Å². The van der Waals surface area contributed by atoms with Crippen LogP contribution in [-0.4, -0.2) is 32.8 Å². The van der Waals surface area contributed by atoms with E-state index < -0.39 is 0 Å². The number of benzene rings is 2. The number of carbonyl (C=O) groups is 1. The van der Waals surface area contributed by atoms with Crippen LogP contribution in [0.25, 0.3) is 0 Å². The zero-order valence-corrected chi connectivity index (χ0v) is 14.7. The fraction of sp³-hybridized carbons (Fsp3) is 0.300. The minimum atomic E-state index is -0.283. The number of nitriles is 1. The topological polar surface area (TPSA) is 80.6 Å². The third kappa shape index (κ3) is 6.02. The Labute approximate surface area is 153 Å². The number of carbonyl (C=O) groups excluding carboxylic acids is 1. The average molecular weight is 354 g/mol. The highest BCUT2D eigenvalue weighted by Crippen LogP contribution is 2.31. The number of hydrogen-bond donors (Lipinski definition) is 1. The fourth-order valence-corrected chi connectivity index (χ4v) is 2.37. The Kier molecular flexibility index (Phi) is 7.81. The van der Waals surface area contributed by atoms with E-state index in [0.717, 1.165) is 11.3 Å². The summed E-state index contributed by atoms with van der Waals surface area (Å²) in [7, 11) is 1.58. The van der Waals surface area contributed by atoms with Gasteiger partial charge in [-0.15, -0.1) is 0 Å². The van der Waals surface area contributed by atoms with Crippen LogP contribution in [0.2, 0.25) is 0 Å². The SMILES string of the molecule is COc1cccc(CCNC(=O)CC#N)c1OCCOc1ccccc1. The molecule has 0 aliphatic rings. The van der Waals surface area contributed by atoms with Crippen LogP contribution >= 0.6 is 0 Å². The van der Waals surface area contributed by atoms with Crippen LogP contribution in [0.5, 0.6) is 17.2 Å². The molecule has 2 aromatic rings. The van der Waals surface area contributed by atoms with Gasteiger partial charge in [-0.05, 0) is 30.2 Å². The summed E-state index contributed by atoms with van der Waals surface area (Å²) < 4.78 is 16.9. The van der Waals surface area contributed by atoms with Crippen molar-refractivity contribution in [3.05, 3.63) is 54.1 Å². The lowest BCUT2D eigenvalue weighted by Gasteiger charge is -2.15. The molecule has 1 N–H and O–H groups in total. The summed E-state index contributed by atoms with van der Waals surface area (Å²) in [6.07, 6.45) is 0.432. The van der Waals surface area contributed by atoms with Crippen molar-refractivity contribution in [2.24, 2.45) is 0 Å². The first-order valence-electron chi connectivity index (χ1n) is 8.34. The van der Waals surface area contributed by atoms with Crippen molar-refractivity contribution < 1.29 is 19.0 Å². The molecule has 0 heterocycles. The van der Waals surface area contributed by atoms with Crippen molar-refractivity contribution >= 4 is 5.91 Å². The van der Waals surface area contributed by atoms with E-state index >= 15 is 0 Å². The second-order valence-electron chi connectivity index (χ2n) is 5.39. The first-order chi connectivity index (χ1) is 12.7. The number of nitrogens with one attached hydrogen (secondary N) is 1. The van der Waals surface area contributed by atoms with Gasteiger partial charge in [0.1, 0.15) is 25.4 Å². The molecule has 2 rings (SSSR count). The molecule has 0 bridgehead atoms. The molecule has 0 unspecified atom stereocenters. The summed E-state index contributed by atoms with van der Waals surface area (Å²) in [4.78, 5) is 11.4. The Balaban J connectivity index is 1.90. The number of methoxy groups -OCH3 is 1. The first-order valence-corrected chi connectivity index (χ1v) is 8.34. The number of amides is 1. The van der Waals surface area contributed by atoms with Crippen LogP contribution in [0.15, 0.2) is 48.5 Å². The van der Waals surface area contributed by atoms with E-state index in [0.29, 0.717) is 37.7 Å². The van der Waals surface area contributed by atoms with Gasteiger partial charge < -0.3 is 19.5 Å². The van der Waals surface area contributed by atoms with Gasteiger partial charge in [-0.25, -0.2) is 0 Å². The summed E-state index contributed by atoms with van der Waals surface area (Å²) in [6, 6.07) is 17.0. The van der Waals surface area contributed by atoms with E-state index in [2.05, 4.69) is 5.32 Å². The van der Waals surface area contributed by atoms with Crippen LogP contribution in [0.3, 0.4) is 0 Å². The second kappa shape index (κ2) is 10.6. The molecule has 0 atom stereocenters. The fourth-order valence-electron chi connectivity index (χ4n) is 2.37. The van der Waals surface area contributed by atoms with Crippen molar-refractivity contribution in [3.63, 3.8) is 0 Å². The van der Waals surface area contributed by atoms with Crippen LogP contribution < -0.4 is 19.5 Å². The maximum Gasteiger partial charge on any atom is 0.234 e. The molecule has 1 amide bonds. The van der Waals surface area contributed by atoms with Crippen LogP contribution in [0, 0.1) is 11.3 Å². The van der Waals surface area contributed by atoms with Gasteiger partial charge in [0, 0.05) is 6.54 Å². The molecular weight excluding hydrogens is 332 g/mol. The first kappa shape index (κ1) is 19.1. The molecule has 0 aromatic heterocycles. The molecule has 0 saturated heterocycles. The van der Waals surface area contributed by atoms with Crippen molar-refractivity contribution in [3.8, 4) is 23.3 Å². The molecule has 2 aromatic carbocycles. The zero-order valence-electron chi connectivity index (χ0n) is 14.7. The minimum Gasteiger partial charge on any atom is -0.493 e. The molecule has 0 radical (unpaired) electrons. The predicted molar refractivity (Wildman–Crippen MR) is 97.4 cm³/mol. The predicted octanol–water partition coefficient (Wildman–Crippen LogP) is 2.73. The Morgan fingerprint density at radius 3 is 2.58 bits per heavy atom. The molecule has 0 aliphatic heterocycles. The Hall–Kier alpha value is -3.20. The van der Waals surface area contributed by atoms with E-state index in [-0.39, 0.29) is 12.3 Å². The summed E-state index contributed by atoms with van der Waals surface area (Å²) in [6.45, 7) is 1.19. The van der Waals surface area contributed by atoms with Gasteiger partial charge in [0.2, 0.25) is 5.91 Å². The largest absolute Gasteiger partial charge is 0.493 e. The lowest BCUT2D eigenvalue weighted by atomic mass is 10.1. The smallest absolute Gasteiger partial charge is 0.234 e. The maximum atomic E-state index is 11.4. The minimum absolute atomic E-state index is 0.141. The number of para-hydroxylation sites is 2. The summed E-state index contributed by atoms with van der Waals surface area (Å²) in [5.41, 5.74) is 0.918. The van der Waals surface area contributed by atoms with Gasteiger partial charge in [-0.3, -0.25) is 4.79 Å². The average Bonchev–Trinajstić information content (AvgIpc) is 2.67. The maximum absolute atomic E-state index is 11.4. The summed E-state index contributed by atoms with van der Waals surface area (Å²) >= 11 is 0. The van der Waals surface area contributed by atoms with Gasteiger partial charge in [-0.1, -0.05) is 30.3 Å². The van der Waals surface area contributed by atoms with Gasteiger partial charge in [0.15, 0.2) is 11.5 Å². The number of hydrogen-bond acceptors (Lipinski definition) is 5. The molecule has 6 heteroatoms. The van der Waals surface area contributed by atoms with E-state index in [4.69, 9.17) is 19.5 Å². The molecule has 0 saturated carbocycles. The van der Waals surface area contributed by atoms with E-state index in [1.54, 1.807) is 7.11 Å². The Morgan fingerprint density at radius 2 is 1.85 bits per heavy atom. The summed E-state index contributed by atoms with van der Waals surface area (Å²) in [5.74, 6) is 1.78. The van der Waals surface area contributed by atoms with Crippen molar-refractivity contribution in [1.82, 2.24) is 5.32 Å². The Morgan fingerprint density at radius 1 is 1.08 bits per heavy atom. The van der Waals surface area contributed by atoms with Crippen molar-refractivity contribution in [2.45, 2.75) is 12.8 Å². The number of ether oxygens (including phenoxy) is 3. The third-order valence-corrected chi connectivity index (χ3v) is 3.58. The second-order valence-corrected chi connectivity index (χ2v) is 5.39. The van der Waals surface area contributed by atoms with Crippen LogP contribution in [0.4, 0.5) is 0 Å². The van der Waals surface area contributed by atoms with Gasteiger partial charge in [0.05, 0.1) is 13.2 Å². The highest BCUT2D eigenvalue weighted by atomic mass is 16.5. The molecule has 26 heavy (non-hydrogen) atoms. The standard InChI is InChI=1S/C20H22N2O4/c1-24-18-9-5-6-16(11-13-22-19(23)10-12-21)20(18)26-15-14-25-17-7-3-2-4-8-17/h2-9H,10-11,13-15H2,1H3,(H,22,23). The highest BCUT2D eigenvalue weighted by Gasteiger charge is 2.11. The highest BCUT2D eigenvalue weighted by molar-refractivity contribution is 5.77. The molecule has 6 nitrogen and oxygen atoms in total. The van der Waals surface area contributed by atoms with Gasteiger partial charge in [0.25, 0.3) is 0 Å². The molecule has 0 fully saturated rings. The molecule has 136 valence electrons. The third-order valence-electron chi connectivity index (χ3n) is 3.58. The number of nitrogens with zero attached hydrogens (tertiary/aromatic N) is 1. The van der Waals surface area contributed by atoms with Crippen molar-refractivity contribution in [2.75, 3.05) is 26.9 Å². The van der Waals surface area contributed by atoms with E-state index in [1.807, 2.05) is 54.6 Å². The normalized spacial score (nSPS) is 9.85. The zero-order chi connectivity index (χ0) is 18.6. The molecular formula is C20H22N2O4. The van der Waals surface area contributed by atoms with E-state index in [1.165, 1.54) is 0 Å². The molecule has 0 spiro atoms. The van der Waals surface area contributed by atoms with Crippen LogP contribution in [0.1, 0.15) is 12.0 Å². The van der Waals surface area contributed by atoms with E-state index in [9.17, 15) is 4.79 Å². The Bertz CT molecular complexity index is 741. The van der Waals surface area contributed by atoms with Gasteiger partial charge in [-0.2, -0.15) is 5.26 Å². The molecule has 0 aliphatic carbocycles. The lowest BCUT2D eigenvalue weighted by molar-refractivity contribution is -0.120. The summed E-state index contributed by atoms with van der Waals surface area (Å²) in [5, 5.41) is 11.2. The monoisotopic (exact) mass is 354 g/mol. The quantitative estimate of drug-likeness (QED) is 0.664.